The molecule has 35 heavy (non-hydrogen) atoms. The molecule has 2 heterocycles. The molecule has 2 N–H and O–H groups in total. The highest BCUT2D eigenvalue weighted by molar-refractivity contribution is 6.05. The lowest BCUT2D eigenvalue weighted by Crippen LogP contribution is -2.52. The normalized spacial score (nSPS) is 17.3. The Morgan fingerprint density at radius 1 is 1.23 bits per heavy atom. The Hall–Kier alpha value is -3.95. The van der Waals surface area contributed by atoms with Crippen LogP contribution in [0.1, 0.15) is 53.7 Å². The first-order valence-electron chi connectivity index (χ1n) is 11.3. The number of ether oxygens (including phenoxy) is 2. The first-order valence-corrected chi connectivity index (χ1v) is 11.3. The molecule has 2 aliphatic rings. The van der Waals surface area contributed by atoms with Crippen LogP contribution in [0.2, 0.25) is 0 Å². The van der Waals surface area contributed by atoms with Crippen molar-refractivity contribution in [1.29, 1.82) is 0 Å². The lowest BCUT2D eigenvalue weighted by molar-refractivity contribution is -0.136. The molecule has 1 atom stereocenters. The maximum atomic E-state index is 14.3. The second kappa shape index (κ2) is 9.73. The standard InChI is InChI=1S/C25H26FN3O6/c1-13(2)35-21-10-19(18(26)8-14(21)3)27-25(33)34-12-15-4-5-16-11-29(24(32)17(16)9-15)20-6-7-22(30)28-23(20)31/h4-5,8-10,13,20H,6-7,11-12H2,1-3H3,(H,27,33)(H,28,30,31). The highest BCUT2D eigenvalue weighted by Crippen LogP contribution is 2.29. The molecule has 4 amide bonds. The number of hydrogen-bond acceptors (Lipinski definition) is 6. The van der Waals surface area contributed by atoms with Gasteiger partial charge in [0.15, 0.2) is 0 Å². The molecular formula is C25H26FN3O6. The zero-order valence-electron chi connectivity index (χ0n) is 19.6. The molecule has 4 rings (SSSR count). The van der Waals surface area contributed by atoms with Gasteiger partial charge in [0, 0.05) is 24.6 Å². The molecule has 0 bridgehead atoms. The lowest BCUT2D eigenvalue weighted by Gasteiger charge is -2.29. The second-order valence-corrected chi connectivity index (χ2v) is 8.86. The van der Waals surface area contributed by atoms with Crippen molar-refractivity contribution < 1.29 is 33.0 Å². The second-order valence-electron chi connectivity index (χ2n) is 8.86. The monoisotopic (exact) mass is 483 g/mol. The van der Waals surface area contributed by atoms with Gasteiger partial charge in [0.25, 0.3) is 5.91 Å². The molecule has 2 aromatic carbocycles. The summed E-state index contributed by atoms with van der Waals surface area (Å²) in [7, 11) is 0. The van der Waals surface area contributed by atoms with Crippen molar-refractivity contribution in [2.45, 2.75) is 58.9 Å². The van der Waals surface area contributed by atoms with Crippen molar-refractivity contribution in [1.82, 2.24) is 10.2 Å². The fourth-order valence-electron chi connectivity index (χ4n) is 4.12. The summed E-state index contributed by atoms with van der Waals surface area (Å²) >= 11 is 0. The van der Waals surface area contributed by atoms with E-state index in [1.165, 1.54) is 17.0 Å². The molecular weight excluding hydrogens is 457 g/mol. The average Bonchev–Trinajstić information content (AvgIpc) is 3.11. The maximum absolute atomic E-state index is 14.3. The third-order valence-electron chi connectivity index (χ3n) is 5.83. The zero-order valence-corrected chi connectivity index (χ0v) is 19.6. The highest BCUT2D eigenvalue weighted by atomic mass is 19.1. The largest absolute Gasteiger partial charge is 0.491 e. The van der Waals surface area contributed by atoms with Crippen molar-refractivity contribution in [2.24, 2.45) is 0 Å². The molecule has 184 valence electrons. The first-order chi connectivity index (χ1) is 16.6. The van der Waals surface area contributed by atoms with Gasteiger partial charge in [0.2, 0.25) is 11.8 Å². The van der Waals surface area contributed by atoms with Crippen LogP contribution in [0.4, 0.5) is 14.9 Å². The number of carbonyl (C=O) groups excluding carboxylic acids is 4. The van der Waals surface area contributed by atoms with Crippen molar-refractivity contribution >= 4 is 29.5 Å². The Kier molecular flexibility index (Phi) is 6.72. The van der Waals surface area contributed by atoms with Crippen LogP contribution in [-0.4, -0.2) is 40.9 Å². The Morgan fingerprint density at radius 2 is 2.00 bits per heavy atom. The molecule has 1 fully saturated rings. The van der Waals surface area contributed by atoms with Gasteiger partial charge in [-0.3, -0.25) is 25.0 Å². The third kappa shape index (κ3) is 5.26. The number of piperidine rings is 1. The number of aryl methyl sites for hydroxylation is 1. The number of fused-ring (bicyclic) bond motifs is 1. The van der Waals surface area contributed by atoms with Crippen LogP contribution in [0, 0.1) is 12.7 Å². The molecule has 1 unspecified atom stereocenters. The zero-order chi connectivity index (χ0) is 25.3. The van der Waals surface area contributed by atoms with Crippen LogP contribution >= 0.6 is 0 Å². The molecule has 0 radical (unpaired) electrons. The molecule has 2 aliphatic heterocycles. The summed E-state index contributed by atoms with van der Waals surface area (Å²) in [5.74, 6) is -1.31. The number of carbonyl (C=O) groups is 4. The van der Waals surface area contributed by atoms with Crippen LogP contribution in [0.5, 0.6) is 5.75 Å². The summed E-state index contributed by atoms with van der Waals surface area (Å²) in [4.78, 5) is 50.2. The lowest BCUT2D eigenvalue weighted by atomic mass is 10.0. The Bertz CT molecular complexity index is 1210. The van der Waals surface area contributed by atoms with Gasteiger partial charge in [-0.2, -0.15) is 0 Å². The van der Waals surface area contributed by atoms with Gasteiger partial charge in [0.1, 0.15) is 24.2 Å². The summed E-state index contributed by atoms with van der Waals surface area (Å²) < 4.78 is 25.2. The van der Waals surface area contributed by atoms with E-state index in [0.717, 1.165) is 5.56 Å². The van der Waals surface area contributed by atoms with E-state index in [1.807, 2.05) is 13.8 Å². The summed E-state index contributed by atoms with van der Waals surface area (Å²) in [5.41, 5.74) is 2.25. The Balaban J connectivity index is 1.39. The minimum absolute atomic E-state index is 0.0692. The fraction of sp³-hybridized carbons (Fsp3) is 0.360. The van der Waals surface area contributed by atoms with Crippen LogP contribution in [0.15, 0.2) is 30.3 Å². The number of rotatable bonds is 6. The van der Waals surface area contributed by atoms with Gasteiger partial charge < -0.3 is 14.4 Å². The smallest absolute Gasteiger partial charge is 0.412 e. The predicted molar refractivity (Wildman–Crippen MR) is 123 cm³/mol. The number of hydrogen-bond donors (Lipinski definition) is 2. The number of amides is 4. The molecule has 1 saturated heterocycles. The summed E-state index contributed by atoms with van der Waals surface area (Å²) in [6.45, 7) is 5.51. The number of benzene rings is 2. The number of nitrogens with zero attached hydrogens (tertiary/aromatic N) is 1. The topological polar surface area (TPSA) is 114 Å². The average molecular weight is 483 g/mol. The summed E-state index contributed by atoms with van der Waals surface area (Å²) in [6.07, 6.45) is -0.523. The SMILES string of the molecule is Cc1cc(F)c(NC(=O)OCc2ccc3c(c2)C(=O)N(C2CCC(=O)NC2=O)C3)cc1OC(C)C. The molecule has 0 saturated carbocycles. The van der Waals surface area contributed by atoms with Crippen molar-refractivity contribution in [2.75, 3.05) is 5.32 Å². The van der Waals surface area contributed by atoms with E-state index < -0.39 is 23.9 Å². The van der Waals surface area contributed by atoms with E-state index in [2.05, 4.69) is 10.6 Å². The van der Waals surface area contributed by atoms with Gasteiger partial charge in [-0.25, -0.2) is 9.18 Å². The van der Waals surface area contributed by atoms with Gasteiger partial charge in [-0.1, -0.05) is 12.1 Å². The molecule has 2 aromatic rings. The van der Waals surface area contributed by atoms with Gasteiger partial charge in [-0.15, -0.1) is 0 Å². The van der Waals surface area contributed by atoms with E-state index in [4.69, 9.17) is 9.47 Å². The van der Waals surface area contributed by atoms with Crippen LogP contribution in [0.25, 0.3) is 0 Å². The quantitative estimate of drug-likeness (QED) is 0.609. The number of anilines is 1. The predicted octanol–water partition coefficient (Wildman–Crippen LogP) is 3.43. The van der Waals surface area contributed by atoms with E-state index >= 15 is 0 Å². The van der Waals surface area contributed by atoms with Crippen LogP contribution in [-0.2, 0) is 27.5 Å². The fourth-order valence-corrected chi connectivity index (χ4v) is 4.12. The summed E-state index contributed by atoms with van der Waals surface area (Å²) in [6, 6.07) is 7.04. The third-order valence-corrected chi connectivity index (χ3v) is 5.83. The molecule has 10 heteroatoms. The highest BCUT2D eigenvalue weighted by Gasteiger charge is 2.39. The Labute approximate surface area is 201 Å². The van der Waals surface area contributed by atoms with E-state index in [-0.39, 0.29) is 49.6 Å². The maximum Gasteiger partial charge on any atom is 0.412 e. The van der Waals surface area contributed by atoms with E-state index in [1.54, 1.807) is 25.1 Å². The molecule has 0 aromatic heterocycles. The molecule has 0 aliphatic carbocycles. The molecule has 9 nitrogen and oxygen atoms in total. The number of imide groups is 1. The van der Waals surface area contributed by atoms with Crippen LogP contribution < -0.4 is 15.4 Å². The minimum Gasteiger partial charge on any atom is -0.491 e. The molecule has 0 spiro atoms. The van der Waals surface area contributed by atoms with E-state index in [9.17, 15) is 23.6 Å². The first kappa shape index (κ1) is 24.2. The number of nitrogens with one attached hydrogen (secondary N) is 2. The van der Waals surface area contributed by atoms with Crippen LogP contribution in [0.3, 0.4) is 0 Å². The minimum atomic E-state index is -0.861. The van der Waals surface area contributed by atoms with Crippen molar-refractivity contribution in [3.05, 3.63) is 58.4 Å². The summed E-state index contributed by atoms with van der Waals surface area (Å²) in [5, 5.41) is 4.64. The van der Waals surface area contributed by atoms with Crippen molar-refractivity contribution in [3.63, 3.8) is 0 Å². The number of halogens is 1. The Morgan fingerprint density at radius 3 is 2.71 bits per heavy atom. The van der Waals surface area contributed by atoms with E-state index in [0.29, 0.717) is 22.4 Å². The van der Waals surface area contributed by atoms with Gasteiger partial charge >= 0.3 is 6.09 Å². The van der Waals surface area contributed by atoms with Gasteiger partial charge in [0.05, 0.1) is 11.8 Å². The van der Waals surface area contributed by atoms with Gasteiger partial charge in [-0.05, 0) is 56.0 Å². The van der Waals surface area contributed by atoms with Crippen molar-refractivity contribution in [3.8, 4) is 5.75 Å².